The summed E-state index contributed by atoms with van der Waals surface area (Å²) in [6.45, 7) is 1.52. The number of hydrogen-bond donors (Lipinski definition) is 1. The summed E-state index contributed by atoms with van der Waals surface area (Å²) in [6, 6.07) is 5.57. The van der Waals surface area contributed by atoms with Crippen LogP contribution in [0.5, 0.6) is 5.75 Å². The topological polar surface area (TPSA) is 106 Å². The fourth-order valence-electron chi connectivity index (χ4n) is 3.33. The van der Waals surface area contributed by atoms with Crippen molar-refractivity contribution < 1.29 is 9.66 Å². The molecule has 1 fully saturated rings. The van der Waals surface area contributed by atoms with Crippen LogP contribution < -0.4 is 15.0 Å². The van der Waals surface area contributed by atoms with Crippen LogP contribution in [0.1, 0.15) is 25.7 Å². The van der Waals surface area contributed by atoms with Gasteiger partial charge in [-0.05, 0) is 31.0 Å². The van der Waals surface area contributed by atoms with E-state index in [0.29, 0.717) is 10.9 Å². The van der Waals surface area contributed by atoms with Crippen molar-refractivity contribution >= 4 is 44.0 Å². The van der Waals surface area contributed by atoms with Gasteiger partial charge in [0.15, 0.2) is 5.13 Å². The minimum atomic E-state index is -0.418. The third kappa shape index (κ3) is 3.68. The highest BCUT2D eigenvalue weighted by atomic mass is 32.1. The maximum absolute atomic E-state index is 11.8. The van der Waals surface area contributed by atoms with Crippen molar-refractivity contribution in [2.45, 2.75) is 25.7 Å². The molecule has 1 aliphatic heterocycles. The summed E-state index contributed by atoms with van der Waals surface area (Å²) in [5, 5.41) is 15.4. The molecule has 4 rings (SSSR count). The summed E-state index contributed by atoms with van der Waals surface area (Å²) < 4.78 is 6.16. The lowest BCUT2D eigenvalue weighted by Crippen LogP contribution is -2.26. The van der Waals surface area contributed by atoms with Crippen LogP contribution >= 0.6 is 11.3 Å². The van der Waals surface area contributed by atoms with Crippen molar-refractivity contribution in [1.82, 2.24) is 15.0 Å². The van der Waals surface area contributed by atoms with E-state index < -0.39 is 4.92 Å². The van der Waals surface area contributed by atoms with Gasteiger partial charge in [-0.3, -0.25) is 10.1 Å². The van der Waals surface area contributed by atoms with Gasteiger partial charge in [-0.25, -0.2) is 15.0 Å². The van der Waals surface area contributed by atoms with E-state index in [1.165, 1.54) is 17.7 Å². The lowest BCUT2D eigenvalue weighted by Gasteiger charge is -2.21. The van der Waals surface area contributed by atoms with Crippen LogP contribution in [-0.4, -0.2) is 40.1 Å². The van der Waals surface area contributed by atoms with Crippen molar-refractivity contribution in [3.8, 4) is 5.75 Å². The number of aromatic nitrogens is 3. The van der Waals surface area contributed by atoms with Gasteiger partial charge in [-0.15, -0.1) is 0 Å². The van der Waals surface area contributed by atoms with Gasteiger partial charge < -0.3 is 15.0 Å². The molecular weight excluding hydrogens is 380 g/mol. The first kappa shape index (κ1) is 18.4. The molecule has 1 aromatic carbocycles. The molecule has 0 bridgehead atoms. The highest BCUT2D eigenvalue weighted by Crippen LogP contribution is 2.36. The maximum atomic E-state index is 11.8. The predicted molar refractivity (Wildman–Crippen MR) is 109 cm³/mol. The molecule has 1 N–H and O–H groups in total. The third-order valence-electron chi connectivity index (χ3n) is 4.71. The van der Waals surface area contributed by atoms with E-state index in [2.05, 4.69) is 20.3 Å². The van der Waals surface area contributed by atoms with Crippen LogP contribution in [0.2, 0.25) is 0 Å². The first-order valence-electron chi connectivity index (χ1n) is 9.11. The van der Waals surface area contributed by atoms with Crippen LogP contribution in [-0.2, 0) is 0 Å². The average Bonchev–Trinajstić information content (AvgIpc) is 2.90. The van der Waals surface area contributed by atoms with Gasteiger partial charge in [0.05, 0.1) is 22.2 Å². The van der Waals surface area contributed by atoms with Crippen molar-refractivity contribution in [1.29, 1.82) is 0 Å². The lowest BCUT2D eigenvalue weighted by molar-refractivity contribution is -0.383. The number of rotatable bonds is 5. The molecule has 0 radical (unpaired) electrons. The molecule has 0 spiro atoms. The van der Waals surface area contributed by atoms with E-state index >= 15 is 0 Å². The van der Waals surface area contributed by atoms with E-state index in [4.69, 9.17) is 4.74 Å². The summed E-state index contributed by atoms with van der Waals surface area (Å²) in [6.07, 6.45) is 5.64. The molecule has 0 saturated carbocycles. The first-order valence-corrected chi connectivity index (χ1v) is 9.93. The van der Waals surface area contributed by atoms with Gasteiger partial charge >= 0.3 is 5.69 Å². The molecule has 0 aliphatic carbocycles. The summed E-state index contributed by atoms with van der Waals surface area (Å²) in [5.41, 5.74) is 0.680. The van der Waals surface area contributed by atoms with Crippen LogP contribution in [0.4, 0.5) is 22.5 Å². The number of anilines is 3. The Hall–Kier alpha value is -3.01. The smallest absolute Gasteiger partial charge is 0.353 e. The Kier molecular flexibility index (Phi) is 5.20. The van der Waals surface area contributed by atoms with Gasteiger partial charge in [-0.2, -0.15) is 0 Å². The molecule has 0 atom stereocenters. The van der Waals surface area contributed by atoms with Crippen LogP contribution in [0.25, 0.3) is 10.2 Å². The molecule has 1 saturated heterocycles. The Bertz CT molecular complexity index is 1000. The SMILES string of the molecule is COc1ccc2nc(Nc3ncnc(N4CCCCCC4)c3[N+](=O)[O-])sc2c1. The Balaban J connectivity index is 1.69. The molecule has 28 heavy (non-hydrogen) atoms. The van der Waals surface area contributed by atoms with Crippen LogP contribution in [0, 0.1) is 10.1 Å². The van der Waals surface area contributed by atoms with E-state index in [1.54, 1.807) is 7.11 Å². The Morgan fingerprint density at radius 2 is 2.00 bits per heavy atom. The summed E-state index contributed by atoms with van der Waals surface area (Å²) >= 11 is 1.39. The molecule has 3 heterocycles. The fourth-order valence-corrected chi connectivity index (χ4v) is 4.22. The second-order valence-electron chi connectivity index (χ2n) is 6.53. The summed E-state index contributed by atoms with van der Waals surface area (Å²) in [5.74, 6) is 1.26. The maximum Gasteiger partial charge on any atom is 0.353 e. The number of nitrogens with zero attached hydrogens (tertiary/aromatic N) is 5. The molecule has 9 nitrogen and oxygen atoms in total. The molecule has 146 valence electrons. The van der Waals surface area contributed by atoms with E-state index in [9.17, 15) is 10.1 Å². The van der Waals surface area contributed by atoms with Crippen molar-refractivity contribution in [2.75, 3.05) is 30.4 Å². The van der Waals surface area contributed by atoms with Crippen molar-refractivity contribution in [3.05, 3.63) is 34.6 Å². The quantitative estimate of drug-likeness (QED) is 0.503. The number of nitrogens with one attached hydrogen (secondary N) is 1. The molecule has 2 aromatic heterocycles. The molecule has 1 aliphatic rings. The first-order chi connectivity index (χ1) is 13.7. The van der Waals surface area contributed by atoms with Gasteiger partial charge in [0.1, 0.15) is 12.1 Å². The predicted octanol–water partition coefficient (Wildman–Crippen LogP) is 4.13. The zero-order valence-corrected chi connectivity index (χ0v) is 16.2. The largest absolute Gasteiger partial charge is 0.497 e. The minimum absolute atomic E-state index is 0.110. The Labute approximate surface area is 165 Å². The molecular formula is C18H20N6O3S. The number of fused-ring (bicyclic) bond motifs is 1. The van der Waals surface area contributed by atoms with Crippen molar-refractivity contribution in [2.24, 2.45) is 0 Å². The van der Waals surface area contributed by atoms with Gasteiger partial charge in [0.25, 0.3) is 0 Å². The summed E-state index contributed by atoms with van der Waals surface area (Å²) in [4.78, 5) is 26.3. The summed E-state index contributed by atoms with van der Waals surface area (Å²) in [7, 11) is 1.61. The Morgan fingerprint density at radius 1 is 1.21 bits per heavy atom. The standard InChI is InChI=1S/C18H20N6O3S/c1-27-12-6-7-13-14(10-12)28-18(21-13)22-16-15(24(25)26)17(20-11-19-16)23-8-4-2-3-5-9-23/h6-7,10-11H,2-5,8-9H2,1H3,(H,19,20,21,22). The van der Waals surface area contributed by atoms with E-state index in [1.807, 2.05) is 23.1 Å². The molecule has 0 unspecified atom stereocenters. The van der Waals surface area contributed by atoms with Crippen LogP contribution in [0.15, 0.2) is 24.5 Å². The molecule has 3 aromatic rings. The average molecular weight is 400 g/mol. The minimum Gasteiger partial charge on any atom is -0.497 e. The lowest BCUT2D eigenvalue weighted by atomic mass is 10.2. The van der Waals surface area contributed by atoms with Crippen LogP contribution in [0.3, 0.4) is 0 Å². The van der Waals surface area contributed by atoms with Gasteiger partial charge in [0, 0.05) is 13.1 Å². The zero-order valence-electron chi connectivity index (χ0n) is 15.4. The second kappa shape index (κ2) is 7.93. The van der Waals surface area contributed by atoms with Gasteiger partial charge in [0.2, 0.25) is 11.6 Å². The van der Waals surface area contributed by atoms with Crippen molar-refractivity contribution in [3.63, 3.8) is 0 Å². The number of thiazole rings is 1. The van der Waals surface area contributed by atoms with E-state index in [-0.39, 0.29) is 11.5 Å². The number of hydrogen-bond acceptors (Lipinski definition) is 9. The normalized spacial score (nSPS) is 14.7. The molecule has 0 amide bonds. The highest BCUT2D eigenvalue weighted by molar-refractivity contribution is 7.22. The monoisotopic (exact) mass is 400 g/mol. The number of ether oxygens (including phenoxy) is 1. The second-order valence-corrected chi connectivity index (χ2v) is 7.56. The third-order valence-corrected chi connectivity index (χ3v) is 5.65. The molecule has 10 heteroatoms. The number of benzene rings is 1. The number of nitro groups is 1. The zero-order chi connectivity index (χ0) is 19.5. The van der Waals surface area contributed by atoms with Gasteiger partial charge in [-0.1, -0.05) is 24.2 Å². The highest BCUT2D eigenvalue weighted by Gasteiger charge is 2.28. The van der Waals surface area contributed by atoms with E-state index in [0.717, 1.165) is 54.7 Å². The Morgan fingerprint density at radius 3 is 2.71 bits per heavy atom. The number of methoxy groups -OCH3 is 1. The fraction of sp³-hybridized carbons (Fsp3) is 0.389.